The number of aromatic amines is 2. The number of alkyl halides is 12. The molecule has 2 aliphatic rings. The number of allylic oxidation sites excluding steroid dienone is 4. The molecule has 2 N–H and O–H groups in total. The van der Waals surface area contributed by atoms with Crippen LogP contribution in [0, 0.1) is 0 Å². The Bertz CT molecular complexity index is 3270. The minimum atomic E-state index is -4.69. The zero-order valence-electron chi connectivity index (χ0n) is 45.3. The third-order valence-corrected chi connectivity index (χ3v) is 15.5. The van der Waals surface area contributed by atoms with Crippen molar-refractivity contribution in [1.29, 1.82) is 0 Å². The van der Waals surface area contributed by atoms with Crippen molar-refractivity contribution in [2.24, 2.45) is 0 Å². The fourth-order valence-corrected chi connectivity index (χ4v) is 11.9. The van der Waals surface area contributed by atoms with Crippen LogP contribution in [0.1, 0.15) is 148 Å². The minimum absolute atomic E-state index is 0.344. The van der Waals surface area contributed by atoms with Gasteiger partial charge in [0.05, 0.1) is 67.1 Å². The Hall–Kier alpha value is -7.36. The van der Waals surface area contributed by atoms with E-state index in [2.05, 4.69) is 9.97 Å². The molecule has 0 amide bonds. The molecule has 7 aromatic rings. The number of halogens is 12. The summed E-state index contributed by atoms with van der Waals surface area (Å²) >= 11 is 0. The lowest BCUT2D eigenvalue weighted by Crippen LogP contribution is -2.04. The van der Waals surface area contributed by atoms with Crippen LogP contribution in [0.25, 0.3) is 88.9 Å². The molecule has 0 atom stereocenters. The van der Waals surface area contributed by atoms with E-state index in [-0.39, 0.29) is 0 Å². The molecule has 0 aliphatic carbocycles. The van der Waals surface area contributed by atoms with Gasteiger partial charge in [-0.2, -0.15) is 52.7 Å². The average Bonchev–Trinajstić information content (AvgIpc) is 4.34. The lowest BCUT2D eigenvalue weighted by molar-refractivity contribution is -0.138. The number of benzene rings is 4. The molecule has 0 saturated carbocycles. The highest BCUT2D eigenvalue weighted by molar-refractivity contribution is 6.09. The summed E-state index contributed by atoms with van der Waals surface area (Å²) in [5, 5.41) is 0. The molecule has 8 bridgehead atoms. The van der Waals surface area contributed by atoms with Gasteiger partial charge >= 0.3 is 24.7 Å². The number of aromatic nitrogens is 4. The molecule has 0 unspecified atom stereocenters. The summed E-state index contributed by atoms with van der Waals surface area (Å²) in [6.07, 6.45) is -16.0. The first-order chi connectivity index (χ1) is 37.9. The van der Waals surface area contributed by atoms with E-state index in [1.165, 1.54) is 48.5 Å². The monoisotopic (exact) mass is 1110 g/mol. The zero-order chi connectivity index (χ0) is 58.0. The first-order valence-corrected chi connectivity index (χ1v) is 26.9. The van der Waals surface area contributed by atoms with Gasteiger partial charge in [-0.05, 0) is 167 Å². The predicted octanol–water partition coefficient (Wildman–Crippen LogP) is 20.8. The molecule has 0 spiro atoms. The van der Waals surface area contributed by atoms with Gasteiger partial charge in [0.15, 0.2) is 0 Å². The predicted molar refractivity (Wildman–Crippen MR) is 295 cm³/mol. The Morgan fingerprint density at radius 3 is 0.588 bits per heavy atom. The molecular formula is C64H58F12N4. The number of hydrogen-bond donors (Lipinski definition) is 2. The van der Waals surface area contributed by atoms with Crippen LogP contribution < -0.4 is 0 Å². The molecule has 4 nitrogen and oxygen atoms in total. The number of nitrogens with one attached hydrogen (secondary N) is 2. The Kier molecular flexibility index (Phi) is 15.5. The molecule has 16 heteroatoms. The van der Waals surface area contributed by atoms with Crippen molar-refractivity contribution in [1.82, 2.24) is 19.9 Å². The van der Waals surface area contributed by atoms with Crippen LogP contribution in [0.15, 0.2) is 97.1 Å². The number of fused-ring (bicyclic) bond motifs is 8. The van der Waals surface area contributed by atoms with E-state index >= 15 is 0 Å². The smallest absolute Gasteiger partial charge is 0.354 e. The van der Waals surface area contributed by atoms with E-state index in [4.69, 9.17) is 9.97 Å². The summed E-state index contributed by atoms with van der Waals surface area (Å²) in [5.74, 6) is 0. The summed E-state index contributed by atoms with van der Waals surface area (Å²) in [7, 11) is 0. The van der Waals surface area contributed by atoms with Crippen LogP contribution in [0.2, 0.25) is 0 Å². The molecule has 4 aromatic carbocycles. The van der Waals surface area contributed by atoms with E-state index in [9.17, 15) is 52.7 Å². The topological polar surface area (TPSA) is 57.4 Å². The van der Waals surface area contributed by atoms with Crippen molar-refractivity contribution >= 4 is 44.4 Å². The largest absolute Gasteiger partial charge is 0.416 e. The summed E-state index contributed by atoms with van der Waals surface area (Å²) in [5.41, 5.74) is 8.91. The van der Waals surface area contributed by atoms with Crippen molar-refractivity contribution < 1.29 is 52.7 Å². The quantitative estimate of drug-likeness (QED) is 0.120. The van der Waals surface area contributed by atoms with Crippen LogP contribution in [0.5, 0.6) is 0 Å². The van der Waals surface area contributed by atoms with Gasteiger partial charge in [-0.25, -0.2) is 9.97 Å². The van der Waals surface area contributed by atoms with Crippen molar-refractivity contribution in [2.45, 2.75) is 131 Å². The van der Waals surface area contributed by atoms with Crippen LogP contribution in [-0.2, 0) is 50.4 Å². The van der Waals surface area contributed by atoms with Crippen LogP contribution in [0.4, 0.5) is 52.7 Å². The Balaban J connectivity index is 1.67. The lowest BCUT2D eigenvalue weighted by Gasteiger charge is -2.13. The van der Waals surface area contributed by atoms with Gasteiger partial charge < -0.3 is 9.97 Å². The van der Waals surface area contributed by atoms with Crippen molar-refractivity contribution in [3.8, 4) is 44.5 Å². The summed E-state index contributed by atoms with van der Waals surface area (Å²) in [4.78, 5) is 18.6. The normalized spacial score (nSPS) is 13.6. The molecule has 2 aliphatic heterocycles. The van der Waals surface area contributed by atoms with Crippen LogP contribution in [-0.4, -0.2) is 19.9 Å². The first kappa shape index (κ1) is 57.3. The van der Waals surface area contributed by atoms with E-state index in [1.807, 2.05) is 55.4 Å². The van der Waals surface area contributed by atoms with E-state index < -0.39 is 47.0 Å². The number of rotatable bonds is 12. The lowest BCUT2D eigenvalue weighted by atomic mass is 9.89. The summed E-state index contributed by atoms with van der Waals surface area (Å²) in [6, 6.07) is 19.0. The minimum Gasteiger partial charge on any atom is -0.354 e. The number of nitrogens with zero attached hydrogens (tertiary/aromatic N) is 2. The molecule has 0 radical (unpaired) electrons. The maximum Gasteiger partial charge on any atom is 0.416 e. The van der Waals surface area contributed by atoms with Crippen LogP contribution >= 0.6 is 0 Å². The maximum atomic E-state index is 14.4. The molecule has 80 heavy (non-hydrogen) atoms. The van der Waals surface area contributed by atoms with Gasteiger partial charge in [0.1, 0.15) is 0 Å². The number of H-pyrrole nitrogens is 2. The summed E-state index contributed by atoms with van der Waals surface area (Å²) < 4.78 is 173. The SMILES string of the molecule is CCC1=C(CC)c2nc1c(-c1ccc(C(F)(F)F)cc1)c1[nH]c(c(CC)c1CC)c(-c1ccc(C(F)(F)F)cc1)c1nc(c(-c3ccc(C(F)(F)F)cc3)c3[nH]c(c(CC)c3CC)c2-c2ccc(C(F)(F)F)cc2)C(CC)=C1CC. The van der Waals surface area contributed by atoms with Crippen molar-refractivity contribution in [3.63, 3.8) is 0 Å². The van der Waals surface area contributed by atoms with Crippen LogP contribution in [0.3, 0.4) is 0 Å². The molecule has 5 heterocycles. The van der Waals surface area contributed by atoms with Gasteiger partial charge in [0.25, 0.3) is 0 Å². The zero-order valence-corrected chi connectivity index (χ0v) is 45.3. The highest BCUT2D eigenvalue weighted by Crippen LogP contribution is 2.51. The van der Waals surface area contributed by atoms with Crippen molar-refractivity contribution in [3.05, 3.63) is 164 Å². The second kappa shape index (κ2) is 21.6. The average molecular weight is 1110 g/mol. The summed E-state index contributed by atoms with van der Waals surface area (Å²) in [6.45, 7) is 15.4. The first-order valence-electron chi connectivity index (χ1n) is 26.9. The molecule has 3 aromatic heterocycles. The van der Waals surface area contributed by atoms with Gasteiger partial charge in [-0.1, -0.05) is 104 Å². The molecular weight excluding hydrogens is 1050 g/mol. The highest BCUT2D eigenvalue weighted by Gasteiger charge is 2.36. The second-order valence-electron chi connectivity index (χ2n) is 19.8. The fraction of sp³-hybridized carbons (Fsp3) is 0.312. The number of aryl methyl sites for hydroxylation is 4. The third-order valence-electron chi connectivity index (χ3n) is 15.5. The molecule has 0 saturated heterocycles. The number of hydrogen-bond acceptors (Lipinski definition) is 2. The van der Waals surface area contributed by atoms with E-state index in [1.54, 1.807) is 0 Å². The standard InChI is InChI=1S/C64H58F12N4/c1-9-41-42(10-2)54-50(34-19-27-38(28-20-34)62(68,69)70)56-45(13-5)46(14-6)58(79-56)52(36-23-31-40(32-24-36)64(74,75)76)60-48(16-8)47(15-7)59(80-60)51(35-21-29-39(30-22-35)63(71,72)73)57-44(12-4)43(11-3)55(78-57)49(53(41)77-54)33-17-25-37(26-18-33)61(65,66)67/h17-32,77,80H,9-16H2,1-8H3. The molecule has 9 rings (SSSR count). The van der Waals surface area contributed by atoms with E-state index in [0.717, 1.165) is 93.1 Å². The molecule has 418 valence electrons. The van der Waals surface area contributed by atoms with Gasteiger partial charge in [0, 0.05) is 22.3 Å². The van der Waals surface area contributed by atoms with Gasteiger partial charge in [-0.15, -0.1) is 0 Å². The highest BCUT2D eigenvalue weighted by atomic mass is 19.4. The Morgan fingerprint density at radius 1 is 0.275 bits per heavy atom. The Morgan fingerprint density at radius 2 is 0.450 bits per heavy atom. The Labute approximate surface area is 455 Å². The van der Waals surface area contributed by atoms with Gasteiger partial charge in [0.2, 0.25) is 0 Å². The van der Waals surface area contributed by atoms with Gasteiger partial charge in [-0.3, -0.25) is 0 Å². The van der Waals surface area contributed by atoms with Crippen molar-refractivity contribution in [2.75, 3.05) is 0 Å². The third kappa shape index (κ3) is 10.0. The fourth-order valence-electron chi connectivity index (χ4n) is 11.9. The second-order valence-corrected chi connectivity index (χ2v) is 19.8. The molecule has 0 fully saturated rings. The maximum absolute atomic E-state index is 14.4. The van der Waals surface area contributed by atoms with E-state index in [0.29, 0.717) is 141 Å².